The molecule has 1 N–H and O–H groups in total. The van der Waals surface area contributed by atoms with Crippen LogP contribution in [0, 0.1) is 0 Å². The zero-order valence-corrected chi connectivity index (χ0v) is 11.5. The van der Waals surface area contributed by atoms with Crippen molar-refractivity contribution in [1.82, 2.24) is 0 Å². The van der Waals surface area contributed by atoms with Gasteiger partial charge in [0.15, 0.2) is 0 Å². The van der Waals surface area contributed by atoms with Gasteiger partial charge in [0.1, 0.15) is 5.60 Å². The molecule has 0 aromatic rings. The number of halogens is 2. The number of hydrogen-bond acceptors (Lipinski definition) is 2. The summed E-state index contributed by atoms with van der Waals surface area (Å²) in [6.07, 6.45) is 8.87. The van der Waals surface area contributed by atoms with Gasteiger partial charge < -0.3 is 5.11 Å². The fourth-order valence-electron chi connectivity index (χ4n) is 1.88. The highest BCUT2D eigenvalue weighted by atomic mass is 35.5. The zero-order valence-electron chi connectivity index (χ0n) is 10.0. The first-order valence-electron chi connectivity index (χ1n) is 6.02. The summed E-state index contributed by atoms with van der Waals surface area (Å²) >= 11 is 11.5. The van der Waals surface area contributed by atoms with E-state index in [1.807, 2.05) is 0 Å². The van der Waals surface area contributed by atoms with Crippen LogP contribution in [0.1, 0.15) is 45.4 Å². The lowest BCUT2D eigenvalue weighted by Crippen LogP contribution is -2.28. The number of Topliss-reactive ketones (excluding diaryl/α,β-unsaturated/α-hetero) is 1. The highest BCUT2D eigenvalue weighted by Crippen LogP contribution is 2.30. The highest BCUT2D eigenvalue weighted by molar-refractivity contribution is 6.55. The van der Waals surface area contributed by atoms with Crippen molar-refractivity contribution in [3.8, 4) is 0 Å². The van der Waals surface area contributed by atoms with Crippen molar-refractivity contribution >= 4 is 29.0 Å². The Kier molecular flexibility index (Phi) is 5.71. The van der Waals surface area contributed by atoms with Crippen molar-refractivity contribution in [3.63, 3.8) is 0 Å². The SMILES string of the molecule is CCCCCCCC1(O)C=C(Cl)C(=O)C(Cl)=C1. The molecule has 4 heteroatoms. The van der Waals surface area contributed by atoms with Crippen LogP contribution < -0.4 is 0 Å². The Hall–Kier alpha value is -0.310. The minimum Gasteiger partial charge on any atom is -0.382 e. The summed E-state index contributed by atoms with van der Waals surface area (Å²) in [5.74, 6) is -0.413. The summed E-state index contributed by atoms with van der Waals surface area (Å²) in [6, 6.07) is 0. The summed E-state index contributed by atoms with van der Waals surface area (Å²) in [7, 11) is 0. The van der Waals surface area contributed by atoms with E-state index in [1.165, 1.54) is 31.4 Å². The van der Waals surface area contributed by atoms with E-state index in [9.17, 15) is 9.90 Å². The molecule has 0 atom stereocenters. The maximum atomic E-state index is 11.3. The van der Waals surface area contributed by atoms with Crippen LogP contribution in [0.15, 0.2) is 22.2 Å². The van der Waals surface area contributed by atoms with Gasteiger partial charge in [-0.15, -0.1) is 0 Å². The van der Waals surface area contributed by atoms with Crippen molar-refractivity contribution in [2.75, 3.05) is 0 Å². The van der Waals surface area contributed by atoms with Crippen LogP contribution in [0.2, 0.25) is 0 Å². The van der Waals surface area contributed by atoms with E-state index in [-0.39, 0.29) is 10.1 Å². The van der Waals surface area contributed by atoms with Gasteiger partial charge >= 0.3 is 0 Å². The standard InChI is InChI=1S/C13H18Cl2O2/c1-2-3-4-5-6-7-13(17)8-10(14)12(16)11(15)9-13/h8-9,17H,2-7H2,1H3. The summed E-state index contributed by atoms with van der Waals surface area (Å²) in [5.41, 5.74) is -1.16. The number of rotatable bonds is 6. The Morgan fingerprint density at radius 3 is 2.18 bits per heavy atom. The number of aliphatic hydroxyl groups is 1. The molecule has 0 aromatic heterocycles. The summed E-state index contributed by atoms with van der Waals surface area (Å²) in [6.45, 7) is 2.16. The molecule has 0 fully saturated rings. The molecule has 96 valence electrons. The van der Waals surface area contributed by atoms with E-state index < -0.39 is 11.4 Å². The Morgan fingerprint density at radius 2 is 1.65 bits per heavy atom. The predicted molar refractivity (Wildman–Crippen MR) is 71.2 cm³/mol. The molecule has 1 aliphatic carbocycles. The number of ketones is 1. The van der Waals surface area contributed by atoms with Gasteiger partial charge in [0.25, 0.3) is 0 Å². The fourth-order valence-corrected chi connectivity index (χ4v) is 2.51. The number of carbonyl (C=O) groups excluding carboxylic acids is 1. The van der Waals surface area contributed by atoms with Crippen LogP contribution in [0.3, 0.4) is 0 Å². The number of carbonyl (C=O) groups is 1. The van der Waals surface area contributed by atoms with Gasteiger partial charge in [0.05, 0.1) is 10.1 Å². The molecule has 0 heterocycles. The average molecular weight is 277 g/mol. The Bertz CT molecular complexity index is 323. The Morgan fingerprint density at radius 1 is 1.12 bits per heavy atom. The van der Waals surface area contributed by atoms with Gasteiger partial charge in [-0.1, -0.05) is 55.8 Å². The molecule has 0 saturated heterocycles. The molecule has 17 heavy (non-hydrogen) atoms. The molecule has 0 bridgehead atoms. The molecule has 0 radical (unpaired) electrons. The van der Waals surface area contributed by atoms with Crippen molar-refractivity contribution in [2.45, 2.75) is 51.0 Å². The molecule has 0 amide bonds. The summed E-state index contributed by atoms with van der Waals surface area (Å²) in [4.78, 5) is 11.3. The van der Waals surface area contributed by atoms with Crippen molar-refractivity contribution < 1.29 is 9.90 Å². The van der Waals surface area contributed by atoms with Crippen LogP contribution in [-0.2, 0) is 4.79 Å². The van der Waals surface area contributed by atoms with Crippen molar-refractivity contribution in [2.24, 2.45) is 0 Å². The third-order valence-electron chi connectivity index (χ3n) is 2.87. The maximum Gasteiger partial charge on any atom is 0.215 e. The predicted octanol–water partition coefficient (Wildman–Crippen LogP) is 3.91. The minimum atomic E-state index is -1.16. The molecule has 0 saturated carbocycles. The largest absolute Gasteiger partial charge is 0.382 e. The highest BCUT2D eigenvalue weighted by Gasteiger charge is 2.30. The molecule has 0 unspecified atom stereocenters. The number of unbranched alkanes of at least 4 members (excludes halogenated alkanes) is 4. The zero-order chi connectivity index (χ0) is 12.9. The van der Waals surface area contributed by atoms with E-state index in [4.69, 9.17) is 23.2 Å². The molecular formula is C13H18Cl2O2. The van der Waals surface area contributed by atoms with Gasteiger partial charge in [0, 0.05) is 0 Å². The second-order valence-corrected chi connectivity index (χ2v) is 5.28. The van der Waals surface area contributed by atoms with Gasteiger partial charge in [-0.05, 0) is 25.0 Å². The smallest absolute Gasteiger partial charge is 0.215 e. The second kappa shape index (κ2) is 6.58. The fraction of sp³-hybridized carbons (Fsp3) is 0.615. The van der Waals surface area contributed by atoms with Crippen LogP contribution in [0.4, 0.5) is 0 Å². The monoisotopic (exact) mass is 276 g/mol. The van der Waals surface area contributed by atoms with Crippen molar-refractivity contribution in [1.29, 1.82) is 0 Å². The third kappa shape index (κ3) is 4.46. The molecule has 0 spiro atoms. The van der Waals surface area contributed by atoms with Crippen molar-refractivity contribution in [3.05, 3.63) is 22.2 Å². The third-order valence-corrected chi connectivity index (χ3v) is 3.43. The van der Waals surface area contributed by atoms with Gasteiger partial charge in [-0.3, -0.25) is 4.79 Å². The maximum absolute atomic E-state index is 11.3. The lowest BCUT2D eigenvalue weighted by molar-refractivity contribution is -0.111. The lowest BCUT2D eigenvalue weighted by atomic mass is 9.91. The Labute approximate surface area is 112 Å². The molecule has 0 aromatic carbocycles. The summed E-state index contributed by atoms with van der Waals surface area (Å²) < 4.78 is 0. The normalized spacial score (nSPS) is 18.9. The first kappa shape index (κ1) is 14.7. The van der Waals surface area contributed by atoms with Crippen LogP contribution in [0.25, 0.3) is 0 Å². The van der Waals surface area contributed by atoms with Crippen LogP contribution in [-0.4, -0.2) is 16.5 Å². The molecular weight excluding hydrogens is 259 g/mol. The first-order chi connectivity index (χ1) is 7.98. The molecule has 2 nitrogen and oxygen atoms in total. The van der Waals surface area contributed by atoms with E-state index in [2.05, 4.69) is 6.92 Å². The summed E-state index contributed by atoms with van der Waals surface area (Å²) in [5, 5.41) is 10.2. The first-order valence-corrected chi connectivity index (χ1v) is 6.78. The topological polar surface area (TPSA) is 37.3 Å². The van der Waals surface area contributed by atoms with Crippen LogP contribution >= 0.6 is 23.2 Å². The number of hydrogen-bond donors (Lipinski definition) is 1. The average Bonchev–Trinajstić information content (AvgIpc) is 2.25. The molecule has 1 aliphatic rings. The lowest BCUT2D eigenvalue weighted by Gasteiger charge is -2.24. The second-order valence-electron chi connectivity index (χ2n) is 4.47. The minimum absolute atomic E-state index is 0.00792. The quantitative estimate of drug-likeness (QED) is 0.747. The Balaban J connectivity index is 2.49. The van der Waals surface area contributed by atoms with E-state index in [0.29, 0.717) is 6.42 Å². The van der Waals surface area contributed by atoms with Gasteiger partial charge in [-0.25, -0.2) is 0 Å². The van der Waals surface area contributed by atoms with Crippen LogP contribution in [0.5, 0.6) is 0 Å². The molecule has 1 rings (SSSR count). The van der Waals surface area contributed by atoms with Gasteiger partial charge in [0.2, 0.25) is 5.78 Å². The number of allylic oxidation sites excluding steroid dienone is 2. The van der Waals surface area contributed by atoms with E-state index in [1.54, 1.807) is 0 Å². The van der Waals surface area contributed by atoms with Gasteiger partial charge in [-0.2, -0.15) is 0 Å². The van der Waals surface area contributed by atoms with E-state index >= 15 is 0 Å². The van der Waals surface area contributed by atoms with E-state index in [0.717, 1.165) is 12.8 Å². The molecule has 0 aliphatic heterocycles.